The van der Waals surface area contributed by atoms with Gasteiger partial charge in [0.25, 0.3) is 0 Å². The molecular weight excluding hydrogens is 270 g/mol. The maximum Gasteiger partial charge on any atom is 0.573 e. The molecule has 1 rings (SSSR count). The quantitative estimate of drug-likeness (QED) is 0.579. The monoisotopic (exact) mass is 273 g/mol. The van der Waals surface area contributed by atoms with Crippen molar-refractivity contribution in [2.45, 2.75) is 13.3 Å². The summed E-state index contributed by atoms with van der Waals surface area (Å²) in [6, 6.07) is 0.880. The van der Waals surface area contributed by atoms with Crippen LogP contribution in [0, 0.1) is 12.9 Å². The number of ether oxygens (including phenoxy) is 1. The number of aryl methyl sites for hydroxylation is 1. The first-order valence-corrected chi connectivity index (χ1v) is 4.17. The van der Waals surface area contributed by atoms with Gasteiger partial charge in [0.05, 0.1) is 10.2 Å². The molecule has 0 radical (unpaired) electrons. The van der Waals surface area contributed by atoms with Crippen LogP contribution >= 0.6 is 15.9 Å². The minimum absolute atomic E-state index is 0.164. The van der Waals surface area contributed by atoms with Gasteiger partial charge in [0.1, 0.15) is 0 Å². The van der Waals surface area contributed by atoms with Crippen molar-refractivity contribution in [3.63, 3.8) is 0 Å². The molecule has 0 aliphatic heterocycles. The Bertz CT molecular complexity index is 352. The van der Waals surface area contributed by atoms with Crippen LogP contribution in [0.2, 0.25) is 0 Å². The largest absolute Gasteiger partial charge is 0.573 e. The van der Waals surface area contributed by atoms with Crippen LogP contribution in [-0.2, 0) is 0 Å². The first kappa shape index (κ1) is 11.2. The highest BCUT2D eigenvalue weighted by molar-refractivity contribution is 9.10. The maximum absolute atomic E-state index is 12.7. The Morgan fingerprint density at radius 3 is 2.50 bits per heavy atom. The van der Waals surface area contributed by atoms with Crippen molar-refractivity contribution < 1.29 is 22.3 Å². The van der Waals surface area contributed by atoms with Gasteiger partial charge in [0, 0.05) is 6.07 Å². The summed E-state index contributed by atoms with van der Waals surface area (Å²) >= 11 is 2.70. The minimum Gasteiger partial charge on any atom is -0.404 e. The Morgan fingerprint density at radius 1 is 1.43 bits per heavy atom. The molecule has 0 bridgehead atoms. The van der Waals surface area contributed by atoms with Crippen molar-refractivity contribution in [3.8, 4) is 5.75 Å². The molecule has 14 heavy (non-hydrogen) atoms. The van der Waals surface area contributed by atoms with Crippen LogP contribution in [0.1, 0.15) is 5.69 Å². The standard InChI is InChI=1S/C7H4BrF4NO/c1-3-5(14-7(10,11)12)2-4(8)6(9)13-3/h2H,1H3. The molecule has 0 unspecified atom stereocenters. The van der Waals surface area contributed by atoms with E-state index in [0.29, 0.717) is 0 Å². The average Bonchev–Trinajstić information content (AvgIpc) is 1.97. The zero-order valence-corrected chi connectivity index (χ0v) is 8.41. The normalized spacial score (nSPS) is 11.6. The molecule has 0 aliphatic carbocycles. The van der Waals surface area contributed by atoms with Crippen LogP contribution in [0.25, 0.3) is 0 Å². The molecule has 1 aromatic rings. The molecule has 0 spiro atoms. The Kier molecular flexibility index (Phi) is 2.98. The summed E-state index contributed by atoms with van der Waals surface area (Å²) in [5, 5.41) is 0. The highest BCUT2D eigenvalue weighted by atomic mass is 79.9. The van der Waals surface area contributed by atoms with Crippen LogP contribution < -0.4 is 4.74 Å². The minimum atomic E-state index is -4.80. The van der Waals surface area contributed by atoms with Gasteiger partial charge in [-0.2, -0.15) is 4.39 Å². The third-order valence-corrected chi connectivity index (χ3v) is 1.86. The molecule has 0 aromatic carbocycles. The molecule has 0 saturated heterocycles. The van der Waals surface area contributed by atoms with E-state index in [1.165, 1.54) is 6.92 Å². The van der Waals surface area contributed by atoms with Gasteiger partial charge < -0.3 is 4.74 Å². The summed E-state index contributed by atoms with van der Waals surface area (Å²) in [7, 11) is 0. The molecule has 78 valence electrons. The highest BCUT2D eigenvalue weighted by Crippen LogP contribution is 2.28. The molecule has 7 heteroatoms. The van der Waals surface area contributed by atoms with Crippen molar-refractivity contribution in [1.29, 1.82) is 0 Å². The molecule has 0 atom stereocenters. The highest BCUT2D eigenvalue weighted by Gasteiger charge is 2.32. The third-order valence-electron chi connectivity index (χ3n) is 1.30. The molecule has 0 N–H and O–H groups in total. The summed E-state index contributed by atoms with van der Waals surface area (Å²) in [6.07, 6.45) is -4.80. The molecule has 1 heterocycles. The van der Waals surface area contributed by atoms with Gasteiger partial charge in [-0.15, -0.1) is 13.2 Å². The van der Waals surface area contributed by atoms with E-state index in [9.17, 15) is 17.6 Å². The molecule has 0 amide bonds. The van der Waals surface area contributed by atoms with Crippen molar-refractivity contribution in [2.24, 2.45) is 0 Å². The topological polar surface area (TPSA) is 22.1 Å². The Balaban J connectivity index is 3.04. The lowest BCUT2D eigenvalue weighted by molar-refractivity contribution is -0.275. The lowest BCUT2D eigenvalue weighted by Gasteiger charge is -2.10. The summed E-state index contributed by atoms with van der Waals surface area (Å²) in [5.74, 6) is -1.40. The van der Waals surface area contributed by atoms with Crippen LogP contribution in [0.4, 0.5) is 17.6 Å². The molecular formula is C7H4BrF4NO. The fourth-order valence-corrected chi connectivity index (χ4v) is 1.06. The van der Waals surface area contributed by atoms with Gasteiger partial charge in [0.2, 0.25) is 5.95 Å². The lowest BCUT2D eigenvalue weighted by atomic mass is 10.3. The molecule has 1 aromatic heterocycles. The number of alkyl halides is 3. The zero-order chi connectivity index (χ0) is 10.9. The Morgan fingerprint density at radius 2 is 2.00 bits per heavy atom. The van der Waals surface area contributed by atoms with Gasteiger partial charge >= 0.3 is 6.36 Å². The van der Waals surface area contributed by atoms with E-state index in [2.05, 4.69) is 25.7 Å². The van der Waals surface area contributed by atoms with Crippen LogP contribution in [0.15, 0.2) is 10.5 Å². The van der Waals surface area contributed by atoms with E-state index in [1.54, 1.807) is 0 Å². The number of nitrogens with zero attached hydrogens (tertiary/aromatic N) is 1. The molecule has 0 fully saturated rings. The summed E-state index contributed by atoms with van der Waals surface area (Å²) < 4.78 is 51.5. The first-order chi connectivity index (χ1) is 6.29. The van der Waals surface area contributed by atoms with E-state index in [0.717, 1.165) is 6.07 Å². The van der Waals surface area contributed by atoms with Crippen LogP contribution in [0.3, 0.4) is 0 Å². The maximum atomic E-state index is 12.7. The van der Waals surface area contributed by atoms with E-state index < -0.39 is 18.1 Å². The van der Waals surface area contributed by atoms with Crippen molar-refractivity contribution in [2.75, 3.05) is 0 Å². The lowest BCUT2D eigenvalue weighted by Crippen LogP contribution is -2.18. The van der Waals surface area contributed by atoms with E-state index in [4.69, 9.17) is 0 Å². The van der Waals surface area contributed by atoms with Gasteiger partial charge in [0.15, 0.2) is 5.75 Å². The second-order valence-electron chi connectivity index (χ2n) is 2.39. The predicted molar refractivity (Wildman–Crippen MR) is 43.3 cm³/mol. The number of pyridine rings is 1. The second kappa shape index (κ2) is 3.72. The van der Waals surface area contributed by atoms with Gasteiger partial charge in [-0.25, -0.2) is 4.98 Å². The smallest absolute Gasteiger partial charge is 0.404 e. The molecule has 0 saturated carbocycles. The Hall–Kier alpha value is -0.850. The second-order valence-corrected chi connectivity index (χ2v) is 3.25. The van der Waals surface area contributed by atoms with Crippen molar-refractivity contribution in [3.05, 3.63) is 22.2 Å². The number of rotatable bonds is 1. The average molecular weight is 274 g/mol. The molecule has 2 nitrogen and oxygen atoms in total. The Labute approximate surface area is 85.0 Å². The summed E-state index contributed by atoms with van der Waals surface area (Å²) in [4.78, 5) is 3.22. The van der Waals surface area contributed by atoms with Crippen molar-refractivity contribution >= 4 is 15.9 Å². The zero-order valence-electron chi connectivity index (χ0n) is 6.82. The van der Waals surface area contributed by atoms with Gasteiger partial charge in [-0.05, 0) is 22.9 Å². The fourth-order valence-electron chi connectivity index (χ4n) is 0.763. The van der Waals surface area contributed by atoms with Crippen molar-refractivity contribution in [1.82, 2.24) is 4.98 Å². The number of hydrogen-bond donors (Lipinski definition) is 0. The first-order valence-electron chi connectivity index (χ1n) is 3.38. The molecule has 0 aliphatic rings. The summed E-state index contributed by atoms with van der Waals surface area (Å²) in [6.45, 7) is 1.22. The van der Waals surface area contributed by atoms with Crippen LogP contribution in [0.5, 0.6) is 5.75 Å². The van der Waals surface area contributed by atoms with Gasteiger partial charge in [-0.1, -0.05) is 0 Å². The fraction of sp³-hybridized carbons (Fsp3) is 0.286. The van der Waals surface area contributed by atoms with E-state index in [1.807, 2.05) is 0 Å². The predicted octanol–water partition coefficient (Wildman–Crippen LogP) is 3.19. The van der Waals surface area contributed by atoms with Crippen LogP contribution in [-0.4, -0.2) is 11.3 Å². The SMILES string of the molecule is Cc1nc(F)c(Br)cc1OC(F)(F)F. The third kappa shape index (κ3) is 2.83. The van der Waals surface area contributed by atoms with Gasteiger partial charge in [-0.3, -0.25) is 0 Å². The van der Waals surface area contributed by atoms with E-state index in [-0.39, 0.29) is 10.2 Å². The number of hydrogen-bond acceptors (Lipinski definition) is 2. The number of aromatic nitrogens is 1. The number of halogens is 5. The van der Waals surface area contributed by atoms with E-state index >= 15 is 0 Å². The summed E-state index contributed by atoms with van der Waals surface area (Å²) in [5.41, 5.74) is -0.164.